The van der Waals surface area contributed by atoms with Crippen LogP contribution < -0.4 is 10.6 Å². The van der Waals surface area contributed by atoms with Crippen molar-refractivity contribution < 1.29 is 0 Å². The first kappa shape index (κ1) is 13.7. The lowest BCUT2D eigenvalue weighted by atomic mass is 10.1. The average Bonchev–Trinajstić information content (AvgIpc) is 2.38. The Labute approximate surface area is 117 Å². The summed E-state index contributed by atoms with van der Waals surface area (Å²) >= 11 is 0. The molecular formula is C14H16N6. The van der Waals surface area contributed by atoms with Gasteiger partial charge in [-0.2, -0.15) is 5.26 Å². The van der Waals surface area contributed by atoms with Gasteiger partial charge in [-0.1, -0.05) is 6.07 Å². The number of nitrogens with one attached hydrogen (secondary N) is 2. The molecule has 6 nitrogen and oxygen atoms in total. The molecule has 2 heterocycles. The molecule has 0 bridgehead atoms. The van der Waals surface area contributed by atoms with E-state index in [4.69, 9.17) is 5.26 Å². The number of pyridine rings is 1. The minimum Gasteiger partial charge on any atom is -0.352 e. The monoisotopic (exact) mass is 268 g/mol. The summed E-state index contributed by atoms with van der Waals surface area (Å²) in [6.07, 6.45) is 1.70. The number of hydrogen-bond acceptors (Lipinski definition) is 6. The van der Waals surface area contributed by atoms with Crippen LogP contribution in [-0.4, -0.2) is 20.5 Å². The van der Waals surface area contributed by atoms with Crippen LogP contribution in [-0.2, 0) is 0 Å². The van der Waals surface area contributed by atoms with Crippen molar-refractivity contribution in [1.82, 2.24) is 15.0 Å². The lowest BCUT2D eigenvalue weighted by molar-refractivity contribution is 0.722. The predicted molar refractivity (Wildman–Crippen MR) is 77.6 cm³/mol. The standard InChI is InChI=1S/C14H16N6/c1-10-17-12(19-11-6-4-5-7-16-11)8-13(18-10)20-14(2,3)9-15/h4-8H,1-3H3,(H2,16,17,18,19,20). The molecule has 0 atom stereocenters. The van der Waals surface area contributed by atoms with E-state index in [0.29, 0.717) is 23.3 Å². The second-order valence-electron chi connectivity index (χ2n) is 4.89. The van der Waals surface area contributed by atoms with Crippen molar-refractivity contribution in [2.75, 3.05) is 10.6 Å². The number of hydrogen-bond donors (Lipinski definition) is 2. The van der Waals surface area contributed by atoms with Crippen LogP contribution in [0.15, 0.2) is 30.5 Å². The molecule has 0 fully saturated rings. The number of aryl methyl sites for hydroxylation is 1. The molecule has 0 radical (unpaired) electrons. The third-order valence-corrected chi connectivity index (χ3v) is 2.48. The minimum absolute atomic E-state index is 0.600. The summed E-state index contributed by atoms with van der Waals surface area (Å²) in [6.45, 7) is 5.38. The molecule has 102 valence electrons. The minimum atomic E-state index is -0.691. The molecule has 6 heteroatoms. The van der Waals surface area contributed by atoms with Gasteiger partial charge in [-0.05, 0) is 32.9 Å². The van der Waals surface area contributed by atoms with Gasteiger partial charge in [0, 0.05) is 12.3 Å². The highest BCUT2D eigenvalue weighted by Gasteiger charge is 2.17. The van der Waals surface area contributed by atoms with E-state index in [9.17, 15) is 0 Å². The summed E-state index contributed by atoms with van der Waals surface area (Å²) in [5.41, 5.74) is -0.691. The fourth-order valence-corrected chi connectivity index (χ4v) is 1.61. The van der Waals surface area contributed by atoms with E-state index >= 15 is 0 Å². The zero-order chi connectivity index (χ0) is 14.6. The Balaban J connectivity index is 2.23. The molecule has 2 aromatic rings. The second-order valence-corrected chi connectivity index (χ2v) is 4.89. The van der Waals surface area contributed by atoms with Gasteiger partial charge in [0.05, 0.1) is 6.07 Å². The van der Waals surface area contributed by atoms with Crippen LogP contribution in [0.4, 0.5) is 17.5 Å². The molecule has 0 amide bonds. The summed E-state index contributed by atoms with van der Waals surface area (Å²) < 4.78 is 0. The third-order valence-electron chi connectivity index (χ3n) is 2.48. The second kappa shape index (κ2) is 5.53. The number of nitriles is 1. The molecule has 0 aliphatic carbocycles. The lowest BCUT2D eigenvalue weighted by Crippen LogP contribution is -2.29. The first-order valence-electron chi connectivity index (χ1n) is 6.22. The van der Waals surface area contributed by atoms with Crippen molar-refractivity contribution >= 4 is 17.5 Å². The Morgan fingerprint density at radius 1 is 1.15 bits per heavy atom. The van der Waals surface area contributed by atoms with Gasteiger partial charge in [0.1, 0.15) is 28.8 Å². The first-order chi connectivity index (χ1) is 9.48. The SMILES string of the molecule is Cc1nc(Nc2ccccn2)cc(NC(C)(C)C#N)n1. The van der Waals surface area contributed by atoms with Crippen molar-refractivity contribution in [2.45, 2.75) is 26.3 Å². The molecule has 0 aromatic carbocycles. The van der Waals surface area contributed by atoms with Gasteiger partial charge >= 0.3 is 0 Å². The molecule has 0 aliphatic rings. The summed E-state index contributed by atoms with van der Waals surface area (Å²) in [6, 6.07) is 9.51. The van der Waals surface area contributed by atoms with Crippen LogP contribution >= 0.6 is 0 Å². The number of anilines is 3. The maximum atomic E-state index is 9.05. The van der Waals surface area contributed by atoms with Gasteiger partial charge in [-0.25, -0.2) is 15.0 Å². The van der Waals surface area contributed by atoms with Crippen LogP contribution in [0.5, 0.6) is 0 Å². The van der Waals surface area contributed by atoms with Gasteiger partial charge in [0.25, 0.3) is 0 Å². The molecule has 0 unspecified atom stereocenters. The topological polar surface area (TPSA) is 86.5 Å². The molecule has 0 saturated carbocycles. The third kappa shape index (κ3) is 3.65. The Morgan fingerprint density at radius 2 is 1.90 bits per heavy atom. The molecule has 0 spiro atoms. The van der Waals surface area contributed by atoms with Crippen LogP contribution in [0.3, 0.4) is 0 Å². The van der Waals surface area contributed by atoms with Gasteiger partial charge in [-0.3, -0.25) is 0 Å². The van der Waals surface area contributed by atoms with Crippen molar-refractivity contribution in [1.29, 1.82) is 5.26 Å². The van der Waals surface area contributed by atoms with E-state index in [1.165, 1.54) is 0 Å². The van der Waals surface area contributed by atoms with E-state index in [1.54, 1.807) is 33.0 Å². The van der Waals surface area contributed by atoms with Crippen LogP contribution in [0.1, 0.15) is 19.7 Å². The van der Waals surface area contributed by atoms with Gasteiger partial charge < -0.3 is 10.6 Å². The van der Waals surface area contributed by atoms with E-state index in [2.05, 4.69) is 31.7 Å². The average molecular weight is 268 g/mol. The number of aromatic nitrogens is 3. The Hall–Kier alpha value is -2.68. The summed E-state index contributed by atoms with van der Waals surface area (Å²) in [7, 11) is 0. The zero-order valence-corrected chi connectivity index (χ0v) is 11.7. The van der Waals surface area contributed by atoms with Crippen molar-refractivity contribution in [3.05, 3.63) is 36.3 Å². The maximum Gasteiger partial charge on any atom is 0.137 e. The van der Waals surface area contributed by atoms with Crippen LogP contribution in [0, 0.1) is 18.3 Å². The van der Waals surface area contributed by atoms with Crippen LogP contribution in [0.25, 0.3) is 0 Å². The highest BCUT2D eigenvalue weighted by molar-refractivity contribution is 5.56. The Bertz CT molecular complexity index is 630. The predicted octanol–water partition coefficient (Wildman–Crippen LogP) is 2.64. The maximum absolute atomic E-state index is 9.05. The van der Waals surface area contributed by atoms with Crippen LogP contribution in [0.2, 0.25) is 0 Å². The quantitative estimate of drug-likeness (QED) is 0.886. The highest BCUT2D eigenvalue weighted by atomic mass is 15.1. The fraction of sp³-hybridized carbons (Fsp3) is 0.286. The summed E-state index contributed by atoms with van der Waals surface area (Å²) in [5, 5.41) is 15.2. The molecule has 2 N–H and O–H groups in total. The first-order valence-corrected chi connectivity index (χ1v) is 6.22. The summed E-state index contributed by atoms with van der Waals surface area (Å²) in [5.74, 6) is 2.55. The van der Waals surface area contributed by atoms with E-state index in [0.717, 1.165) is 0 Å². The molecule has 2 aromatic heterocycles. The van der Waals surface area contributed by atoms with E-state index in [1.807, 2.05) is 18.2 Å². The normalized spacial score (nSPS) is 10.7. The lowest BCUT2D eigenvalue weighted by Gasteiger charge is -2.18. The van der Waals surface area contributed by atoms with Gasteiger partial charge in [-0.15, -0.1) is 0 Å². The van der Waals surface area contributed by atoms with Crippen molar-refractivity contribution in [2.24, 2.45) is 0 Å². The van der Waals surface area contributed by atoms with E-state index in [-0.39, 0.29) is 0 Å². The smallest absolute Gasteiger partial charge is 0.137 e. The number of nitrogens with zero attached hydrogens (tertiary/aromatic N) is 4. The zero-order valence-electron chi connectivity index (χ0n) is 11.7. The van der Waals surface area contributed by atoms with Crippen molar-refractivity contribution in [3.63, 3.8) is 0 Å². The molecular weight excluding hydrogens is 252 g/mol. The van der Waals surface area contributed by atoms with Gasteiger partial charge in [0.2, 0.25) is 0 Å². The summed E-state index contributed by atoms with van der Waals surface area (Å²) in [4.78, 5) is 12.8. The van der Waals surface area contributed by atoms with Crippen molar-refractivity contribution in [3.8, 4) is 6.07 Å². The molecule has 0 saturated heterocycles. The Morgan fingerprint density at radius 3 is 2.55 bits per heavy atom. The van der Waals surface area contributed by atoms with Gasteiger partial charge in [0.15, 0.2) is 0 Å². The molecule has 20 heavy (non-hydrogen) atoms. The largest absolute Gasteiger partial charge is 0.352 e. The number of rotatable bonds is 4. The highest BCUT2D eigenvalue weighted by Crippen LogP contribution is 2.18. The fourth-order valence-electron chi connectivity index (χ4n) is 1.61. The van der Waals surface area contributed by atoms with E-state index < -0.39 is 5.54 Å². The Kier molecular flexibility index (Phi) is 3.80. The molecule has 0 aliphatic heterocycles. The molecule has 2 rings (SSSR count).